The average Bonchev–Trinajstić information content (AvgIpc) is 2.12. The Morgan fingerprint density at radius 3 is 2.62 bits per heavy atom. The van der Waals surface area contributed by atoms with E-state index in [9.17, 15) is 8.42 Å². The predicted molar refractivity (Wildman–Crippen MR) is 27.2 cm³/mol. The van der Waals surface area contributed by atoms with Gasteiger partial charge in [0.25, 0.3) is 0 Å². The summed E-state index contributed by atoms with van der Waals surface area (Å²) in [4.78, 5) is 0.222. The van der Waals surface area contributed by atoms with E-state index in [1.54, 1.807) is 0 Å². The molecule has 0 atom stereocenters. The van der Waals surface area contributed by atoms with Gasteiger partial charge in [-0.15, -0.1) is 0 Å². The minimum atomic E-state index is -2.45. The van der Waals surface area contributed by atoms with Crippen molar-refractivity contribution < 1.29 is 8.42 Å². The lowest BCUT2D eigenvalue weighted by Crippen LogP contribution is -1.70. The number of hydrogen-bond donors (Lipinski definition) is 2. The molecule has 0 aliphatic heterocycles. The minimum absolute atomic E-state index is 0.222. The molecule has 0 aromatic carbocycles. The molecule has 0 saturated carbocycles. The van der Waals surface area contributed by atoms with Crippen molar-refractivity contribution in [1.29, 1.82) is 0 Å². The summed E-state index contributed by atoms with van der Waals surface area (Å²) in [7, 11) is -2.45. The highest BCUT2D eigenvalue weighted by atomic mass is 32.2. The molecule has 0 aliphatic carbocycles. The maximum Gasteiger partial charge on any atom is 0.171 e. The molecule has 0 unspecified atom stereocenters. The second-order valence-electron chi connectivity index (χ2n) is 1.21. The van der Waals surface area contributed by atoms with Crippen molar-refractivity contribution in [1.82, 2.24) is 10.2 Å². The van der Waals surface area contributed by atoms with Crippen molar-refractivity contribution in [3.63, 3.8) is 0 Å². The van der Waals surface area contributed by atoms with Gasteiger partial charge in [-0.2, -0.15) is 5.10 Å². The molecule has 0 saturated heterocycles. The predicted octanol–water partition coefficient (Wildman–Crippen LogP) is -0.620. The SMILES string of the molecule is O=[SH](=O)c1cn[nH]c1. The van der Waals surface area contributed by atoms with Gasteiger partial charge in [0.2, 0.25) is 0 Å². The first-order valence-corrected chi connectivity index (χ1v) is 3.11. The van der Waals surface area contributed by atoms with Gasteiger partial charge in [-0.25, -0.2) is 8.42 Å². The van der Waals surface area contributed by atoms with Gasteiger partial charge in [-0.05, 0) is 0 Å². The lowest BCUT2D eigenvalue weighted by Gasteiger charge is -1.68. The summed E-state index contributed by atoms with van der Waals surface area (Å²) in [5.74, 6) is 0. The summed E-state index contributed by atoms with van der Waals surface area (Å²) in [5, 5.41) is 5.81. The molecule has 1 heterocycles. The van der Waals surface area contributed by atoms with Crippen molar-refractivity contribution in [2.45, 2.75) is 4.90 Å². The molecule has 1 rings (SSSR count). The monoisotopic (exact) mass is 132 g/mol. The van der Waals surface area contributed by atoms with E-state index in [1.165, 1.54) is 12.4 Å². The maximum atomic E-state index is 10.0. The van der Waals surface area contributed by atoms with Crippen molar-refractivity contribution in [3.8, 4) is 0 Å². The molecule has 4 nitrogen and oxygen atoms in total. The third-order valence-electron chi connectivity index (χ3n) is 0.695. The number of rotatable bonds is 1. The number of hydrogen-bond acceptors (Lipinski definition) is 3. The number of aromatic nitrogens is 2. The standard InChI is InChI=1S/C3H4N2O2S/c6-8(7)3-1-4-5-2-3/h1-2,8H,(H,4,5). The summed E-state index contributed by atoms with van der Waals surface area (Å²) < 4.78 is 20.1. The number of H-pyrrole nitrogens is 1. The molecule has 44 valence electrons. The van der Waals surface area contributed by atoms with Gasteiger partial charge < -0.3 is 0 Å². The zero-order valence-corrected chi connectivity index (χ0v) is 4.76. The summed E-state index contributed by atoms with van der Waals surface area (Å²) in [6, 6.07) is 0. The molecule has 0 fully saturated rings. The molecule has 1 N–H and O–H groups in total. The zero-order valence-electron chi connectivity index (χ0n) is 3.87. The van der Waals surface area contributed by atoms with Crippen molar-refractivity contribution in [3.05, 3.63) is 12.4 Å². The van der Waals surface area contributed by atoms with Gasteiger partial charge in [-0.3, -0.25) is 5.10 Å². The molecule has 1 aromatic rings. The molecule has 0 spiro atoms. The first-order chi connectivity index (χ1) is 3.80. The van der Waals surface area contributed by atoms with Crippen LogP contribution >= 0.6 is 0 Å². The Kier molecular flexibility index (Phi) is 1.29. The second kappa shape index (κ2) is 1.95. The Hall–Kier alpha value is -0.840. The number of nitrogens with zero attached hydrogens (tertiary/aromatic N) is 1. The van der Waals surface area contributed by atoms with Crippen molar-refractivity contribution in [2.75, 3.05) is 0 Å². The highest BCUT2D eigenvalue weighted by Crippen LogP contribution is 1.91. The van der Waals surface area contributed by atoms with Gasteiger partial charge in [0.05, 0.1) is 6.20 Å². The first kappa shape index (κ1) is 5.30. The van der Waals surface area contributed by atoms with Crippen LogP contribution in [0, 0.1) is 0 Å². The molecule has 1 aromatic heterocycles. The molecule has 0 radical (unpaired) electrons. The van der Waals surface area contributed by atoms with Crippen LogP contribution in [0.4, 0.5) is 0 Å². The normalized spacial score (nSPS) is 10.1. The molecule has 5 heteroatoms. The van der Waals surface area contributed by atoms with Gasteiger partial charge >= 0.3 is 0 Å². The summed E-state index contributed by atoms with van der Waals surface area (Å²) in [6.07, 6.45) is 2.58. The second-order valence-corrected chi connectivity index (χ2v) is 2.24. The van der Waals surface area contributed by atoms with Crippen LogP contribution < -0.4 is 0 Å². The van der Waals surface area contributed by atoms with Crippen LogP contribution in [-0.2, 0) is 10.7 Å². The lowest BCUT2D eigenvalue weighted by molar-refractivity contribution is 0.614. The van der Waals surface area contributed by atoms with E-state index in [1.807, 2.05) is 0 Å². The topological polar surface area (TPSA) is 62.8 Å². The first-order valence-electron chi connectivity index (χ1n) is 1.94. The van der Waals surface area contributed by atoms with Crippen LogP contribution in [0.2, 0.25) is 0 Å². The van der Waals surface area contributed by atoms with Crippen molar-refractivity contribution >= 4 is 10.7 Å². The molecule has 0 aliphatic rings. The summed E-state index contributed by atoms with van der Waals surface area (Å²) >= 11 is 0. The number of thiol groups is 1. The van der Waals surface area contributed by atoms with Crippen LogP contribution in [0.3, 0.4) is 0 Å². The van der Waals surface area contributed by atoms with Crippen LogP contribution in [0.15, 0.2) is 17.3 Å². The highest BCUT2D eigenvalue weighted by molar-refractivity contribution is 7.72. The van der Waals surface area contributed by atoms with E-state index in [4.69, 9.17) is 0 Å². The fourth-order valence-electron chi connectivity index (χ4n) is 0.344. The average molecular weight is 132 g/mol. The van der Waals surface area contributed by atoms with E-state index in [0.29, 0.717) is 0 Å². The Morgan fingerprint density at radius 2 is 2.38 bits per heavy atom. The van der Waals surface area contributed by atoms with Crippen LogP contribution in [0.25, 0.3) is 0 Å². The molecule has 0 amide bonds. The molecular weight excluding hydrogens is 128 g/mol. The van der Waals surface area contributed by atoms with Crippen LogP contribution in [0.1, 0.15) is 0 Å². The minimum Gasteiger partial charge on any atom is -0.284 e. The van der Waals surface area contributed by atoms with E-state index < -0.39 is 10.7 Å². The molecular formula is C3H4N2O2S. The fourth-order valence-corrected chi connectivity index (χ4v) is 0.659. The van der Waals surface area contributed by atoms with E-state index in [2.05, 4.69) is 10.2 Å². The summed E-state index contributed by atoms with van der Waals surface area (Å²) in [5.41, 5.74) is 0. The van der Waals surface area contributed by atoms with Crippen LogP contribution in [-0.4, -0.2) is 18.6 Å². The maximum absolute atomic E-state index is 10.0. The number of aromatic amines is 1. The van der Waals surface area contributed by atoms with Gasteiger partial charge in [0, 0.05) is 6.20 Å². The largest absolute Gasteiger partial charge is 0.284 e. The van der Waals surface area contributed by atoms with Gasteiger partial charge in [0.15, 0.2) is 10.7 Å². The van der Waals surface area contributed by atoms with Crippen molar-refractivity contribution in [2.24, 2.45) is 0 Å². The van der Waals surface area contributed by atoms with Gasteiger partial charge in [0.1, 0.15) is 4.90 Å². The van der Waals surface area contributed by atoms with E-state index in [0.717, 1.165) is 0 Å². The Bertz CT molecular complexity index is 217. The Morgan fingerprint density at radius 1 is 1.62 bits per heavy atom. The third kappa shape index (κ3) is 0.865. The highest BCUT2D eigenvalue weighted by Gasteiger charge is 1.90. The van der Waals surface area contributed by atoms with E-state index >= 15 is 0 Å². The zero-order chi connectivity index (χ0) is 5.98. The lowest BCUT2D eigenvalue weighted by atomic mass is 10.7. The Balaban J connectivity index is 3.11. The van der Waals surface area contributed by atoms with Gasteiger partial charge in [-0.1, -0.05) is 0 Å². The number of nitrogens with one attached hydrogen (secondary N) is 1. The fraction of sp³-hybridized carbons (Fsp3) is 0. The smallest absolute Gasteiger partial charge is 0.171 e. The molecule has 0 bridgehead atoms. The van der Waals surface area contributed by atoms with Crippen LogP contribution in [0.5, 0.6) is 0 Å². The molecule has 8 heavy (non-hydrogen) atoms. The van der Waals surface area contributed by atoms with E-state index in [-0.39, 0.29) is 4.90 Å². The summed E-state index contributed by atoms with van der Waals surface area (Å²) in [6.45, 7) is 0. The quantitative estimate of drug-likeness (QED) is 0.500. The third-order valence-corrected chi connectivity index (χ3v) is 1.36. The Labute approximate surface area is 47.5 Å².